The third-order valence-electron chi connectivity index (χ3n) is 2.45. The lowest BCUT2D eigenvalue weighted by Crippen LogP contribution is -2.01. The van der Waals surface area contributed by atoms with Crippen LogP contribution in [0, 0.1) is 6.92 Å². The second kappa shape index (κ2) is 4.37. The molecule has 0 bridgehead atoms. The Morgan fingerprint density at radius 2 is 2.24 bits per heavy atom. The van der Waals surface area contributed by atoms with E-state index >= 15 is 0 Å². The number of hydrogen-bond acceptors (Lipinski definition) is 4. The van der Waals surface area contributed by atoms with Gasteiger partial charge in [0.05, 0.1) is 5.69 Å². The van der Waals surface area contributed by atoms with Gasteiger partial charge in [-0.1, -0.05) is 18.1 Å². The van der Waals surface area contributed by atoms with Crippen molar-refractivity contribution in [1.29, 1.82) is 0 Å². The van der Waals surface area contributed by atoms with Gasteiger partial charge >= 0.3 is 5.97 Å². The van der Waals surface area contributed by atoms with Gasteiger partial charge in [0.2, 0.25) is 0 Å². The number of rotatable bonds is 3. The summed E-state index contributed by atoms with van der Waals surface area (Å²) >= 11 is 0. The summed E-state index contributed by atoms with van der Waals surface area (Å²) in [6.45, 7) is 3.73. The van der Waals surface area contributed by atoms with Crippen molar-refractivity contribution in [3.63, 3.8) is 0 Å². The molecule has 2 rings (SSSR count). The van der Waals surface area contributed by atoms with E-state index in [4.69, 9.17) is 9.63 Å². The number of aromatic nitrogens is 2. The first-order valence-electron chi connectivity index (χ1n) is 5.28. The van der Waals surface area contributed by atoms with Crippen molar-refractivity contribution in [2.75, 3.05) is 0 Å². The van der Waals surface area contributed by atoms with Gasteiger partial charge in [-0.2, -0.15) is 0 Å². The van der Waals surface area contributed by atoms with Crippen LogP contribution in [0.25, 0.3) is 11.4 Å². The Morgan fingerprint density at radius 3 is 2.76 bits per heavy atom. The molecule has 0 aromatic carbocycles. The number of pyridine rings is 1. The molecule has 2 heterocycles. The largest absolute Gasteiger partial charge is 0.477 e. The fourth-order valence-electron chi connectivity index (χ4n) is 1.57. The molecule has 0 aliphatic heterocycles. The number of aromatic carboxylic acids is 1. The molecule has 0 saturated carbocycles. The van der Waals surface area contributed by atoms with Gasteiger partial charge in [-0.3, -0.25) is 4.98 Å². The van der Waals surface area contributed by atoms with Crippen molar-refractivity contribution < 1.29 is 14.4 Å². The summed E-state index contributed by atoms with van der Waals surface area (Å²) in [4.78, 5) is 15.3. The van der Waals surface area contributed by atoms with E-state index in [1.54, 1.807) is 12.3 Å². The van der Waals surface area contributed by atoms with Gasteiger partial charge in [0, 0.05) is 12.6 Å². The van der Waals surface area contributed by atoms with Crippen LogP contribution >= 0.6 is 0 Å². The molecule has 88 valence electrons. The van der Waals surface area contributed by atoms with E-state index in [0.717, 1.165) is 5.56 Å². The number of carboxylic acids is 1. The molecular formula is C12H12N2O3. The number of aryl methyl sites for hydroxylation is 2. The Bertz CT molecular complexity index is 543. The first-order valence-corrected chi connectivity index (χ1v) is 5.28. The van der Waals surface area contributed by atoms with Gasteiger partial charge in [0.15, 0.2) is 5.76 Å². The van der Waals surface area contributed by atoms with E-state index in [1.807, 2.05) is 19.9 Å². The van der Waals surface area contributed by atoms with E-state index in [9.17, 15) is 4.79 Å². The summed E-state index contributed by atoms with van der Waals surface area (Å²) in [5.41, 5.74) is 1.90. The maximum absolute atomic E-state index is 11.2. The zero-order valence-electron chi connectivity index (χ0n) is 9.60. The van der Waals surface area contributed by atoms with Crippen molar-refractivity contribution in [1.82, 2.24) is 10.1 Å². The van der Waals surface area contributed by atoms with Crippen LogP contribution < -0.4 is 0 Å². The van der Waals surface area contributed by atoms with Crippen LogP contribution in [0.2, 0.25) is 0 Å². The molecule has 0 atom stereocenters. The molecule has 0 aliphatic carbocycles. The lowest BCUT2D eigenvalue weighted by Gasteiger charge is -1.98. The second-order valence-corrected chi connectivity index (χ2v) is 3.71. The third-order valence-corrected chi connectivity index (χ3v) is 2.45. The number of nitrogens with zero attached hydrogens (tertiary/aromatic N) is 2. The van der Waals surface area contributed by atoms with Crippen LogP contribution in [0.15, 0.2) is 22.9 Å². The summed E-state index contributed by atoms with van der Waals surface area (Å²) in [6.07, 6.45) is 2.15. The summed E-state index contributed by atoms with van der Waals surface area (Å²) in [6, 6.07) is 3.59. The molecule has 0 fully saturated rings. The first-order chi connectivity index (χ1) is 8.13. The maximum Gasteiger partial charge on any atom is 0.341 e. The topological polar surface area (TPSA) is 76.2 Å². The lowest BCUT2D eigenvalue weighted by molar-refractivity contribution is 0.0695. The zero-order chi connectivity index (χ0) is 12.4. The predicted octanol–water partition coefficient (Wildman–Crippen LogP) is 2.31. The summed E-state index contributed by atoms with van der Waals surface area (Å²) in [7, 11) is 0. The minimum absolute atomic E-state index is 0.101. The predicted molar refractivity (Wildman–Crippen MR) is 60.8 cm³/mol. The SMILES string of the molecule is CCc1onc(-c2ccc(C)cn2)c1C(=O)O. The molecule has 0 saturated heterocycles. The lowest BCUT2D eigenvalue weighted by atomic mass is 10.1. The summed E-state index contributed by atoms with van der Waals surface area (Å²) in [5.74, 6) is -0.671. The average molecular weight is 232 g/mol. The van der Waals surface area contributed by atoms with Gasteiger partial charge in [-0.05, 0) is 18.6 Å². The van der Waals surface area contributed by atoms with E-state index in [2.05, 4.69) is 10.1 Å². The molecule has 0 radical (unpaired) electrons. The number of carboxylic acid groups (broad SMARTS) is 1. The van der Waals surface area contributed by atoms with Crippen molar-refractivity contribution >= 4 is 5.97 Å². The third kappa shape index (κ3) is 2.04. The quantitative estimate of drug-likeness (QED) is 0.878. The molecule has 2 aromatic heterocycles. The monoisotopic (exact) mass is 232 g/mol. The van der Waals surface area contributed by atoms with Crippen LogP contribution in [-0.4, -0.2) is 21.2 Å². The minimum Gasteiger partial charge on any atom is -0.477 e. The molecule has 2 aromatic rings. The average Bonchev–Trinajstić information content (AvgIpc) is 2.73. The molecule has 17 heavy (non-hydrogen) atoms. The highest BCUT2D eigenvalue weighted by atomic mass is 16.5. The molecule has 0 spiro atoms. The van der Waals surface area contributed by atoms with Gasteiger partial charge in [0.25, 0.3) is 0 Å². The van der Waals surface area contributed by atoms with E-state index in [0.29, 0.717) is 17.9 Å². The van der Waals surface area contributed by atoms with Gasteiger partial charge in [-0.25, -0.2) is 4.79 Å². The van der Waals surface area contributed by atoms with Gasteiger partial charge in [0.1, 0.15) is 11.3 Å². The molecular weight excluding hydrogens is 220 g/mol. The van der Waals surface area contributed by atoms with E-state index in [1.165, 1.54) is 0 Å². The molecule has 1 N–H and O–H groups in total. The van der Waals surface area contributed by atoms with Gasteiger partial charge in [-0.15, -0.1) is 0 Å². The second-order valence-electron chi connectivity index (χ2n) is 3.71. The Balaban J connectivity index is 2.55. The molecule has 0 unspecified atom stereocenters. The zero-order valence-corrected chi connectivity index (χ0v) is 9.60. The summed E-state index contributed by atoms with van der Waals surface area (Å²) in [5, 5.41) is 12.9. The highest BCUT2D eigenvalue weighted by molar-refractivity contribution is 5.95. The highest BCUT2D eigenvalue weighted by Gasteiger charge is 2.22. The number of carbonyl (C=O) groups is 1. The van der Waals surface area contributed by atoms with Crippen LogP contribution in [0.5, 0.6) is 0 Å². The molecule has 0 aliphatic rings. The van der Waals surface area contributed by atoms with E-state index < -0.39 is 5.97 Å². The fourth-order valence-corrected chi connectivity index (χ4v) is 1.57. The molecule has 0 amide bonds. The Labute approximate surface area is 98.1 Å². The number of hydrogen-bond donors (Lipinski definition) is 1. The Kier molecular flexibility index (Phi) is 2.91. The first kappa shape index (κ1) is 11.3. The minimum atomic E-state index is -1.04. The maximum atomic E-state index is 11.2. The Hall–Kier alpha value is -2.17. The van der Waals surface area contributed by atoms with Gasteiger partial charge < -0.3 is 9.63 Å². The van der Waals surface area contributed by atoms with Crippen molar-refractivity contribution in [2.45, 2.75) is 20.3 Å². The van der Waals surface area contributed by atoms with Crippen LogP contribution in [0.1, 0.15) is 28.6 Å². The van der Waals surface area contributed by atoms with Crippen LogP contribution in [0.4, 0.5) is 0 Å². The normalized spacial score (nSPS) is 10.5. The molecule has 5 heteroatoms. The standard InChI is InChI=1S/C12H12N2O3/c1-3-9-10(12(15)16)11(14-17-9)8-5-4-7(2)6-13-8/h4-6H,3H2,1-2H3,(H,15,16). The van der Waals surface area contributed by atoms with Crippen LogP contribution in [0.3, 0.4) is 0 Å². The van der Waals surface area contributed by atoms with Crippen molar-refractivity contribution in [2.24, 2.45) is 0 Å². The Morgan fingerprint density at radius 1 is 1.47 bits per heavy atom. The smallest absolute Gasteiger partial charge is 0.341 e. The van der Waals surface area contributed by atoms with Crippen molar-refractivity contribution in [3.8, 4) is 11.4 Å². The summed E-state index contributed by atoms with van der Waals surface area (Å²) < 4.78 is 5.02. The van der Waals surface area contributed by atoms with Crippen molar-refractivity contribution in [3.05, 3.63) is 35.2 Å². The fraction of sp³-hybridized carbons (Fsp3) is 0.250. The van der Waals surface area contributed by atoms with E-state index in [-0.39, 0.29) is 11.3 Å². The van der Waals surface area contributed by atoms with Crippen LogP contribution in [-0.2, 0) is 6.42 Å². The highest BCUT2D eigenvalue weighted by Crippen LogP contribution is 2.24. The molecule has 5 nitrogen and oxygen atoms in total.